The molecule has 3 aromatic carbocycles. The summed E-state index contributed by atoms with van der Waals surface area (Å²) in [5, 5.41) is 26.8. The summed E-state index contributed by atoms with van der Waals surface area (Å²) < 4.78 is 65.7. The number of amides is 1. The highest BCUT2D eigenvalue weighted by molar-refractivity contribution is 6.01. The third-order valence-electron chi connectivity index (χ3n) is 6.75. The summed E-state index contributed by atoms with van der Waals surface area (Å²) in [5.74, 6) is -5.60. The second kappa shape index (κ2) is 17.2. The van der Waals surface area contributed by atoms with Crippen LogP contribution < -0.4 is 10.2 Å². The topological polar surface area (TPSA) is 162 Å². The van der Waals surface area contributed by atoms with Gasteiger partial charge >= 0.3 is 30.3 Å². The monoisotopic (exact) mass is 712 g/mol. The Morgan fingerprint density at radius 2 is 1.40 bits per heavy atom. The summed E-state index contributed by atoms with van der Waals surface area (Å²) in [6.07, 6.45) is -7.25. The summed E-state index contributed by atoms with van der Waals surface area (Å²) in [6, 6.07) is 19.1. The number of unbranched alkanes of at least 4 members (excludes halogenated alkanes) is 1. The number of fused-ring (bicyclic) bond motifs is 1. The van der Waals surface area contributed by atoms with Crippen LogP contribution in [-0.2, 0) is 27.3 Å². The molecule has 0 saturated heterocycles. The molecule has 11 nitrogen and oxygen atoms in total. The van der Waals surface area contributed by atoms with Crippen molar-refractivity contribution >= 4 is 46.2 Å². The number of nitrogens with zero attached hydrogens (tertiary/aromatic N) is 3. The molecule has 4 N–H and O–H groups in total. The van der Waals surface area contributed by atoms with Crippen LogP contribution in [0.3, 0.4) is 0 Å². The second-order valence-corrected chi connectivity index (χ2v) is 10.8. The Morgan fingerprint density at radius 1 is 0.860 bits per heavy atom. The SMILES string of the molecule is CCCCc1nc2c(NC(C)=O)cc(N(C)C)cc2n1Cc1ccc(-c2ccccc2C(=O)O)cc1.O=C(O)C(F)(F)F.O=C(O)C(F)(F)F. The van der Waals surface area contributed by atoms with Crippen molar-refractivity contribution in [2.45, 2.75) is 52.0 Å². The summed E-state index contributed by atoms with van der Waals surface area (Å²) in [4.78, 5) is 48.3. The van der Waals surface area contributed by atoms with Crippen LogP contribution in [0, 0.1) is 0 Å². The smallest absolute Gasteiger partial charge is 0.478 e. The maximum Gasteiger partial charge on any atom is 0.490 e. The van der Waals surface area contributed by atoms with E-state index in [1.807, 2.05) is 61.5 Å². The number of anilines is 2. The number of benzene rings is 3. The summed E-state index contributed by atoms with van der Waals surface area (Å²) >= 11 is 0. The normalized spacial score (nSPS) is 11.1. The molecule has 0 unspecified atom stereocenters. The van der Waals surface area contributed by atoms with Crippen molar-refractivity contribution in [3.63, 3.8) is 0 Å². The van der Waals surface area contributed by atoms with E-state index >= 15 is 0 Å². The van der Waals surface area contributed by atoms with Crippen molar-refractivity contribution in [1.29, 1.82) is 0 Å². The third kappa shape index (κ3) is 11.5. The predicted molar refractivity (Wildman–Crippen MR) is 172 cm³/mol. The van der Waals surface area contributed by atoms with Crippen molar-refractivity contribution in [3.05, 3.63) is 77.6 Å². The molecule has 50 heavy (non-hydrogen) atoms. The molecule has 0 aliphatic rings. The molecule has 0 radical (unpaired) electrons. The summed E-state index contributed by atoms with van der Waals surface area (Å²) in [5.41, 5.74) is 6.38. The predicted octanol–water partition coefficient (Wildman–Crippen LogP) is 7.08. The van der Waals surface area contributed by atoms with Crippen LogP contribution in [-0.4, -0.2) is 75.1 Å². The molecule has 270 valence electrons. The Kier molecular flexibility index (Phi) is 13.9. The first-order chi connectivity index (χ1) is 23.2. The fraction of sp³-hybridized carbons (Fsp3) is 0.303. The van der Waals surface area contributed by atoms with E-state index in [1.54, 1.807) is 12.1 Å². The van der Waals surface area contributed by atoms with Crippen molar-refractivity contribution in [1.82, 2.24) is 9.55 Å². The molecular formula is C33H34F6N4O7. The molecular weight excluding hydrogens is 678 g/mol. The van der Waals surface area contributed by atoms with Crippen LogP contribution in [0.4, 0.5) is 37.7 Å². The van der Waals surface area contributed by atoms with Gasteiger partial charge in [-0.05, 0) is 41.3 Å². The van der Waals surface area contributed by atoms with Crippen LogP contribution in [0.25, 0.3) is 22.2 Å². The van der Waals surface area contributed by atoms with E-state index < -0.39 is 30.3 Å². The van der Waals surface area contributed by atoms with Crippen molar-refractivity contribution in [3.8, 4) is 11.1 Å². The number of nitrogens with one attached hydrogen (secondary N) is 1. The minimum Gasteiger partial charge on any atom is -0.478 e. The molecule has 0 saturated carbocycles. The first kappa shape index (κ1) is 40.6. The number of aromatic nitrogens is 2. The molecule has 0 bridgehead atoms. The van der Waals surface area contributed by atoms with E-state index in [4.69, 9.17) is 24.8 Å². The van der Waals surface area contributed by atoms with Gasteiger partial charge in [0.25, 0.3) is 0 Å². The lowest BCUT2D eigenvalue weighted by Gasteiger charge is -2.16. The van der Waals surface area contributed by atoms with Crippen LogP contribution in [0.2, 0.25) is 0 Å². The number of hydrogen-bond acceptors (Lipinski definition) is 6. The zero-order chi connectivity index (χ0) is 38.0. The van der Waals surface area contributed by atoms with Gasteiger partial charge in [0.2, 0.25) is 5.91 Å². The number of imidazole rings is 1. The van der Waals surface area contributed by atoms with E-state index in [2.05, 4.69) is 22.9 Å². The highest BCUT2D eigenvalue weighted by atomic mass is 19.4. The van der Waals surface area contributed by atoms with Crippen LogP contribution >= 0.6 is 0 Å². The van der Waals surface area contributed by atoms with Crippen LogP contribution in [0.15, 0.2) is 60.7 Å². The fourth-order valence-corrected chi connectivity index (χ4v) is 4.39. The Labute approximate surface area is 281 Å². The van der Waals surface area contributed by atoms with E-state index in [0.29, 0.717) is 17.8 Å². The van der Waals surface area contributed by atoms with Crippen molar-refractivity contribution in [2.75, 3.05) is 24.3 Å². The molecule has 4 rings (SSSR count). The van der Waals surface area contributed by atoms with Gasteiger partial charge in [-0.1, -0.05) is 55.8 Å². The Hall–Kier alpha value is -5.61. The number of aryl methyl sites for hydroxylation is 1. The lowest BCUT2D eigenvalue weighted by Crippen LogP contribution is -2.21. The van der Waals surface area contributed by atoms with Crippen molar-refractivity contribution < 1.29 is 60.8 Å². The Bertz CT molecular complexity index is 1790. The molecule has 1 heterocycles. The summed E-state index contributed by atoms with van der Waals surface area (Å²) in [7, 11) is 3.95. The highest BCUT2D eigenvalue weighted by Gasteiger charge is 2.38. The van der Waals surface area contributed by atoms with E-state index in [0.717, 1.165) is 52.9 Å². The average molecular weight is 713 g/mol. The van der Waals surface area contributed by atoms with Crippen LogP contribution in [0.1, 0.15) is 48.4 Å². The number of carbonyl (C=O) groups is 4. The number of carboxylic acid groups (broad SMARTS) is 3. The van der Waals surface area contributed by atoms with Gasteiger partial charge in [0, 0.05) is 39.7 Å². The zero-order valence-electron chi connectivity index (χ0n) is 27.2. The fourth-order valence-electron chi connectivity index (χ4n) is 4.39. The van der Waals surface area contributed by atoms with E-state index in [9.17, 15) is 41.0 Å². The van der Waals surface area contributed by atoms with Crippen molar-refractivity contribution in [2.24, 2.45) is 0 Å². The molecule has 0 aliphatic heterocycles. The number of halogens is 6. The minimum absolute atomic E-state index is 0.130. The molecule has 1 amide bonds. The number of carbonyl (C=O) groups excluding carboxylic acids is 1. The van der Waals surface area contributed by atoms with Gasteiger partial charge < -0.3 is 30.1 Å². The molecule has 4 aromatic rings. The maximum absolute atomic E-state index is 11.9. The maximum atomic E-state index is 11.9. The van der Waals surface area contributed by atoms with Gasteiger partial charge in [0.15, 0.2) is 0 Å². The molecule has 0 spiro atoms. The zero-order valence-corrected chi connectivity index (χ0v) is 27.2. The average Bonchev–Trinajstić information content (AvgIpc) is 3.36. The highest BCUT2D eigenvalue weighted by Crippen LogP contribution is 2.32. The standard InChI is InChI=1S/C29H32N4O3.2C2HF3O2/c1-5-6-11-27-31-28-25(30-19(2)34)16-22(32(3)4)17-26(28)33(27)18-20-12-14-21(15-13-20)23-9-7-8-10-24(23)29(35)36;2*3-2(4,5)1(6)7/h7-10,12-17H,5-6,11,18H2,1-4H3,(H,30,34)(H,35,36);2*(H,6,7). The van der Waals surface area contributed by atoms with Gasteiger partial charge in [-0.2, -0.15) is 26.3 Å². The molecule has 17 heteroatoms. The largest absolute Gasteiger partial charge is 0.490 e. The van der Waals surface area contributed by atoms with Gasteiger partial charge in [-0.25, -0.2) is 19.4 Å². The lowest BCUT2D eigenvalue weighted by atomic mass is 9.99. The quantitative estimate of drug-likeness (QED) is 0.133. The number of alkyl halides is 6. The van der Waals surface area contributed by atoms with E-state index in [1.165, 1.54) is 6.92 Å². The molecule has 0 atom stereocenters. The minimum atomic E-state index is -5.08. The number of aromatic carboxylic acids is 1. The number of carboxylic acids is 3. The molecule has 0 fully saturated rings. The van der Waals surface area contributed by atoms with Gasteiger partial charge in [0.05, 0.1) is 16.8 Å². The Balaban J connectivity index is 0.000000521. The number of rotatable bonds is 9. The van der Waals surface area contributed by atoms with E-state index in [-0.39, 0.29) is 11.5 Å². The first-order valence-corrected chi connectivity index (χ1v) is 14.7. The Morgan fingerprint density at radius 3 is 1.86 bits per heavy atom. The van der Waals surface area contributed by atoms with Gasteiger partial charge in [-0.3, -0.25) is 4.79 Å². The van der Waals surface area contributed by atoms with Gasteiger partial charge in [0.1, 0.15) is 11.3 Å². The molecule has 1 aromatic heterocycles. The van der Waals surface area contributed by atoms with Crippen LogP contribution in [0.5, 0.6) is 0 Å². The third-order valence-corrected chi connectivity index (χ3v) is 6.75. The van der Waals surface area contributed by atoms with Gasteiger partial charge in [-0.15, -0.1) is 0 Å². The second-order valence-electron chi connectivity index (χ2n) is 10.8. The first-order valence-electron chi connectivity index (χ1n) is 14.7. The number of aliphatic carboxylic acids is 2. The summed E-state index contributed by atoms with van der Waals surface area (Å²) in [6.45, 7) is 4.29. The number of hydrogen-bond donors (Lipinski definition) is 4. The molecule has 0 aliphatic carbocycles. The lowest BCUT2D eigenvalue weighted by molar-refractivity contribution is -0.193.